The summed E-state index contributed by atoms with van der Waals surface area (Å²) in [6, 6.07) is 7.05. The second-order valence-electron chi connectivity index (χ2n) is 4.91. The Kier molecular flexibility index (Phi) is 4.43. The number of anilines is 1. The number of fused-ring (bicyclic) bond motifs is 1. The number of aryl methyl sites for hydroxylation is 1. The molecule has 0 atom stereocenters. The quantitative estimate of drug-likeness (QED) is 0.759. The first-order chi connectivity index (χ1) is 8.35. The molecule has 1 aromatic rings. The molecule has 0 saturated heterocycles. The number of rotatable bonds is 6. The summed E-state index contributed by atoms with van der Waals surface area (Å²) in [5, 5.41) is 3.21. The molecule has 0 amide bonds. The highest BCUT2D eigenvalue weighted by molar-refractivity contribution is 5.59. The van der Waals surface area contributed by atoms with Crippen molar-refractivity contribution in [2.24, 2.45) is 0 Å². The zero-order chi connectivity index (χ0) is 12.1. The van der Waals surface area contributed by atoms with Gasteiger partial charge < -0.3 is 10.2 Å². The van der Waals surface area contributed by atoms with Gasteiger partial charge in [0.25, 0.3) is 0 Å². The van der Waals surface area contributed by atoms with E-state index in [0.717, 1.165) is 6.54 Å². The first kappa shape index (κ1) is 12.4. The van der Waals surface area contributed by atoms with Crippen molar-refractivity contribution in [2.45, 2.75) is 32.6 Å². The van der Waals surface area contributed by atoms with Crippen LogP contribution in [0.15, 0.2) is 18.2 Å². The lowest BCUT2D eigenvalue weighted by Gasteiger charge is -2.19. The van der Waals surface area contributed by atoms with E-state index in [1.54, 1.807) is 0 Å². The van der Waals surface area contributed by atoms with Gasteiger partial charge >= 0.3 is 0 Å². The van der Waals surface area contributed by atoms with Crippen LogP contribution in [-0.2, 0) is 12.8 Å². The number of hydrogen-bond donors (Lipinski definition) is 1. The van der Waals surface area contributed by atoms with E-state index < -0.39 is 0 Å². The average Bonchev–Trinajstić information content (AvgIpc) is 2.73. The van der Waals surface area contributed by atoms with Crippen molar-refractivity contribution in [1.82, 2.24) is 5.32 Å². The molecule has 1 N–H and O–H groups in total. The maximum atomic E-state index is 3.21. The Bertz CT molecular complexity index is 358. The molecule has 17 heavy (non-hydrogen) atoms. The summed E-state index contributed by atoms with van der Waals surface area (Å²) in [5.74, 6) is 0. The average molecular weight is 232 g/mol. The van der Waals surface area contributed by atoms with Gasteiger partial charge in [0.2, 0.25) is 0 Å². The Labute approximate surface area is 105 Å². The van der Waals surface area contributed by atoms with Crippen molar-refractivity contribution >= 4 is 5.69 Å². The molecule has 0 aromatic heterocycles. The zero-order valence-corrected chi connectivity index (χ0v) is 11.1. The van der Waals surface area contributed by atoms with Gasteiger partial charge in [0.15, 0.2) is 0 Å². The Morgan fingerprint density at radius 1 is 1.35 bits per heavy atom. The molecule has 1 heterocycles. The number of hydrogen-bond acceptors (Lipinski definition) is 2. The van der Waals surface area contributed by atoms with Gasteiger partial charge in [-0.25, -0.2) is 0 Å². The minimum atomic E-state index is 1.11. The van der Waals surface area contributed by atoms with Crippen LogP contribution in [0.4, 0.5) is 5.69 Å². The Morgan fingerprint density at radius 2 is 2.24 bits per heavy atom. The van der Waals surface area contributed by atoms with Crippen LogP contribution in [0.3, 0.4) is 0 Å². The number of nitrogens with one attached hydrogen (secondary N) is 1. The molecule has 0 radical (unpaired) electrons. The summed E-state index contributed by atoms with van der Waals surface area (Å²) in [7, 11) is 2.02. The van der Waals surface area contributed by atoms with E-state index in [9.17, 15) is 0 Å². The van der Waals surface area contributed by atoms with E-state index >= 15 is 0 Å². The zero-order valence-electron chi connectivity index (χ0n) is 11.1. The molecule has 0 fully saturated rings. The molecule has 94 valence electrons. The lowest BCUT2D eigenvalue weighted by Crippen LogP contribution is -2.21. The first-order valence-corrected chi connectivity index (χ1v) is 6.86. The van der Waals surface area contributed by atoms with Crippen LogP contribution in [0.1, 0.15) is 30.9 Å². The van der Waals surface area contributed by atoms with Gasteiger partial charge in [0.05, 0.1) is 0 Å². The third-order valence-corrected chi connectivity index (χ3v) is 3.53. The molecule has 0 saturated carbocycles. The topological polar surface area (TPSA) is 15.3 Å². The van der Waals surface area contributed by atoms with E-state index in [2.05, 4.69) is 35.3 Å². The molecular weight excluding hydrogens is 208 g/mol. The third-order valence-electron chi connectivity index (χ3n) is 3.53. The van der Waals surface area contributed by atoms with Gasteiger partial charge in [-0.2, -0.15) is 0 Å². The Balaban J connectivity index is 2.04. The van der Waals surface area contributed by atoms with Gasteiger partial charge in [0, 0.05) is 18.8 Å². The minimum Gasteiger partial charge on any atom is -0.371 e. The van der Waals surface area contributed by atoms with Crippen molar-refractivity contribution < 1.29 is 0 Å². The van der Waals surface area contributed by atoms with Crippen LogP contribution < -0.4 is 10.2 Å². The molecule has 0 bridgehead atoms. The molecule has 1 aliphatic rings. The van der Waals surface area contributed by atoms with Crippen molar-refractivity contribution in [3.05, 3.63) is 29.3 Å². The lowest BCUT2D eigenvalue weighted by atomic mass is 10.1. The fourth-order valence-electron chi connectivity index (χ4n) is 2.62. The Hall–Kier alpha value is -1.02. The maximum absolute atomic E-state index is 3.21. The molecular formula is C15H24N2. The molecule has 2 rings (SSSR count). The fourth-order valence-corrected chi connectivity index (χ4v) is 2.62. The van der Waals surface area contributed by atoms with Crippen LogP contribution in [0.25, 0.3) is 0 Å². The van der Waals surface area contributed by atoms with E-state index in [0.29, 0.717) is 0 Å². The van der Waals surface area contributed by atoms with Crippen LogP contribution in [0.5, 0.6) is 0 Å². The number of benzene rings is 1. The molecule has 1 aliphatic heterocycles. The first-order valence-electron chi connectivity index (χ1n) is 6.86. The predicted molar refractivity (Wildman–Crippen MR) is 74.9 cm³/mol. The fraction of sp³-hybridized carbons (Fsp3) is 0.600. The molecule has 0 spiro atoms. The van der Waals surface area contributed by atoms with Crippen LogP contribution in [0, 0.1) is 0 Å². The smallest absolute Gasteiger partial charge is 0.0402 e. The lowest BCUT2D eigenvalue weighted by molar-refractivity contribution is 0.724. The van der Waals surface area contributed by atoms with Crippen molar-refractivity contribution in [1.29, 1.82) is 0 Å². The van der Waals surface area contributed by atoms with E-state index in [1.165, 1.54) is 55.6 Å². The molecule has 0 unspecified atom stereocenters. The highest BCUT2D eigenvalue weighted by Gasteiger charge is 2.17. The van der Waals surface area contributed by atoms with Gasteiger partial charge in [-0.05, 0) is 56.5 Å². The van der Waals surface area contributed by atoms with Gasteiger partial charge in [-0.3, -0.25) is 0 Å². The standard InChI is InChI=1S/C15H24N2/c1-3-10-17-11-8-14-7-6-13(12-15(14)17)5-4-9-16-2/h6-7,12,16H,3-5,8-11H2,1-2H3. The minimum absolute atomic E-state index is 1.11. The van der Waals surface area contributed by atoms with Gasteiger partial charge in [-0.1, -0.05) is 19.1 Å². The highest BCUT2D eigenvalue weighted by atomic mass is 15.1. The van der Waals surface area contributed by atoms with E-state index in [4.69, 9.17) is 0 Å². The van der Waals surface area contributed by atoms with Crippen molar-refractivity contribution in [3.8, 4) is 0 Å². The summed E-state index contributed by atoms with van der Waals surface area (Å²) < 4.78 is 0. The third kappa shape index (κ3) is 3.01. The number of nitrogens with zero attached hydrogens (tertiary/aromatic N) is 1. The SMILES string of the molecule is CCCN1CCc2ccc(CCCNC)cc21. The normalized spacial score (nSPS) is 14.1. The van der Waals surface area contributed by atoms with E-state index in [1.807, 2.05) is 7.05 Å². The molecule has 1 aromatic carbocycles. The van der Waals surface area contributed by atoms with Crippen LogP contribution in [0.2, 0.25) is 0 Å². The van der Waals surface area contributed by atoms with Crippen molar-refractivity contribution in [3.63, 3.8) is 0 Å². The van der Waals surface area contributed by atoms with Gasteiger partial charge in [-0.15, -0.1) is 0 Å². The summed E-state index contributed by atoms with van der Waals surface area (Å²) >= 11 is 0. The van der Waals surface area contributed by atoms with Crippen LogP contribution >= 0.6 is 0 Å². The largest absolute Gasteiger partial charge is 0.371 e. The predicted octanol–water partition coefficient (Wildman–Crippen LogP) is 2.61. The van der Waals surface area contributed by atoms with Crippen molar-refractivity contribution in [2.75, 3.05) is 31.6 Å². The van der Waals surface area contributed by atoms with Crippen LogP contribution in [-0.4, -0.2) is 26.7 Å². The highest BCUT2D eigenvalue weighted by Crippen LogP contribution is 2.29. The second kappa shape index (κ2) is 6.06. The summed E-state index contributed by atoms with van der Waals surface area (Å²) in [6.45, 7) is 5.78. The summed E-state index contributed by atoms with van der Waals surface area (Å²) in [6.07, 6.45) is 4.88. The summed E-state index contributed by atoms with van der Waals surface area (Å²) in [5.41, 5.74) is 4.52. The van der Waals surface area contributed by atoms with Gasteiger partial charge in [0.1, 0.15) is 0 Å². The molecule has 2 heteroatoms. The van der Waals surface area contributed by atoms with E-state index in [-0.39, 0.29) is 0 Å². The monoisotopic (exact) mass is 232 g/mol. The molecule has 2 nitrogen and oxygen atoms in total. The summed E-state index contributed by atoms with van der Waals surface area (Å²) in [4.78, 5) is 2.54. The second-order valence-corrected chi connectivity index (χ2v) is 4.91. The Morgan fingerprint density at radius 3 is 3.00 bits per heavy atom. The molecule has 0 aliphatic carbocycles. The maximum Gasteiger partial charge on any atom is 0.0402 e.